The van der Waals surface area contributed by atoms with E-state index in [-0.39, 0.29) is 11.5 Å². The summed E-state index contributed by atoms with van der Waals surface area (Å²) in [6.07, 6.45) is 0. The molecule has 0 aromatic heterocycles. The van der Waals surface area contributed by atoms with Gasteiger partial charge in [0.1, 0.15) is 0 Å². The largest absolute Gasteiger partial charge is 0.369 e. The van der Waals surface area contributed by atoms with E-state index in [2.05, 4.69) is 35.2 Å². The molecule has 0 aliphatic carbocycles. The Hall–Kier alpha value is -1.55. The molecule has 0 saturated carbocycles. The van der Waals surface area contributed by atoms with Gasteiger partial charge in [-0.05, 0) is 22.9 Å². The summed E-state index contributed by atoms with van der Waals surface area (Å²) in [4.78, 5) is 2.15. The Bertz CT molecular complexity index is 665. The van der Waals surface area contributed by atoms with Crippen LogP contribution in [0, 0.1) is 0 Å². The monoisotopic (exact) mass is 261 g/mol. The van der Waals surface area contributed by atoms with Gasteiger partial charge >= 0.3 is 0 Å². The highest BCUT2D eigenvalue weighted by Gasteiger charge is 2.21. The molecular weight excluding hydrogens is 246 g/mol. The lowest BCUT2D eigenvalue weighted by atomic mass is 10.1. The van der Waals surface area contributed by atoms with Crippen molar-refractivity contribution in [3.63, 3.8) is 0 Å². The number of anilines is 1. The summed E-state index contributed by atoms with van der Waals surface area (Å²) in [6.45, 7) is 1.20. The van der Waals surface area contributed by atoms with Crippen molar-refractivity contribution in [2.75, 3.05) is 29.5 Å². The molecular formula is C14H15NO2S. The van der Waals surface area contributed by atoms with Gasteiger partial charge in [0, 0.05) is 18.8 Å². The Morgan fingerprint density at radius 1 is 0.889 bits per heavy atom. The highest BCUT2D eigenvalue weighted by Crippen LogP contribution is 2.23. The van der Waals surface area contributed by atoms with Crippen LogP contribution in [0.3, 0.4) is 0 Å². The standard InChI is InChI=1S/C14H15NO2S/c16-18(17)9-7-15(8-10-18)14-6-5-12-3-1-2-4-13(12)11-14/h1-6,11H,7-10H2. The molecule has 94 valence electrons. The number of sulfone groups is 1. The first kappa shape index (κ1) is 11.5. The van der Waals surface area contributed by atoms with E-state index in [1.54, 1.807) is 0 Å². The van der Waals surface area contributed by atoms with Crippen LogP contribution in [0.1, 0.15) is 0 Å². The number of nitrogens with zero attached hydrogens (tertiary/aromatic N) is 1. The lowest BCUT2D eigenvalue weighted by Crippen LogP contribution is -2.40. The molecule has 0 radical (unpaired) electrons. The van der Waals surface area contributed by atoms with Crippen molar-refractivity contribution in [2.45, 2.75) is 0 Å². The Labute approximate surface area is 107 Å². The highest BCUT2D eigenvalue weighted by atomic mass is 32.2. The average Bonchev–Trinajstić information content (AvgIpc) is 2.38. The molecule has 18 heavy (non-hydrogen) atoms. The summed E-state index contributed by atoms with van der Waals surface area (Å²) in [5.74, 6) is 0.527. The molecule has 1 saturated heterocycles. The second-order valence-corrected chi connectivity index (χ2v) is 6.97. The molecule has 0 unspecified atom stereocenters. The van der Waals surface area contributed by atoms with Crippen molar-refractivity contribution >= 4 is 26.3 Å². The summed E-state index contributed by atoms with van der Waals surface area (Å²) in [6, 6.07) is 14.5. The third-order valence-electron chi connectivity index (χ3n) is 3.44. The molecule has 0 spiro atoms. The van der Waals surface area contributed by atoms with Crippen molar-refractivity contribution in [1.82, 2.24) is 0 Å². The molecule has 1 aliphatic rings. The fourth-order valence-corrected chi connectivity index (χ4v) is 3.55. The minimum atomic E-state index is -2.81. The van der Waals surface area contributed by atoms with Crippen molar-refractivity contribution in [2.24, 2.45) is 0 Å². The molecule has 2 aromatic rings. The van der Waals surface area contributed by atoms with E-state index < -0.39 is 9.84 Å². The fourth-order valence-electron chi connectivity index (χ4n) is 2.34. The lowest BCUT2D eigenvalue weighted by molar-refractivity contribution is 0.587. The van der Waals surface area contributed by atoms with Crippen LogP contribution in [-0.4, -0.2) is 33.0 Å². The fraction of sp³-hybridized carbons (Fsp3) is 0.286. The second kappa shape index (κ2) is 4.28. The summed E-state index contributed by atoms with van der Waals surface area (Å²) >= 11 is 0. The van der Waals surface area contributed by atoms with Crippen molar-refractivity contribution in [1.29, 1.82) is 0 Å². The van der Waals surface area contributed by atoms with E-state index in [1.165, 1.54) is 10.8 Å². The van der Waals surface area contributed by atoms with E-state index >= 15 is 0 Å². The van der Waals surface area contributed by atoms with Crippen LogP contribution >= 0.6 is 0 Å². The van der Waals surface area contributed by atoms with Crippen molar-refractivity contribution in [3.05, 3.63) is 42.5 Å². The van der Waals surface area contributed by atoms with Gasteiger partial charge in [0.25, 0.3) is 0 Å². The first-order chi connectivity index (χ1) is 8.64. The lowest BCUT2D eigenvalue weighted by Gasteiger charge is -2.28. The molecule has 1 fully saturated rings. The molecule has 0 N–H and O–H groups in total. The van der Waals surface area contributed by atoms with Crippen LogP contribution in [0.4, 0.5) is 5.69 Å². The summed E-state index contributed by atoms with van der Waals surface area (Å²) in [7, 11) is -2.81. The van der Waals surface area contributed by atoms with Gasteiger partial charge in [0.05, 0.1) is 11.5 Å². The Balaban J connectivity index is 1.91. The molecule has 1 aliphatic heterocycles. The Kier molecular flexibility index (Phi) is 2.74. The maximum absolute atomic E-state index is 11.4. The van der Waals surface area contributed by atoms with Gasteiger partial charge in [0.2, 0.25) is 0 Å². The molecule has 3 nitrogen and oxygen atoms in total. The maximum atomic E-state index is 11.4. The summed E-state index contributed by atoms with van der Waals surface area (Å²) in [5, 5.41) is 2.41. The van der Waals surface area contributed by atoms with Crippen LogP contribution in [-0.2, 0) is 9.84 Å². The normalized spacial score (nSPS) is 19.0. The zero-order valence-corrected chi connectivity index (χ0v) is 10.9. The van der Waals surface area contributed by atoms with Gasteiger partial charge in [-0.2, -0.15) is 0 Å². The quantitative estimate of drug-likeness (QED) is 0.788. The molecule has 3 rings (SSSR count). The second-order valence-electron chi connectivity index (χ2n) is 4.67. The van der Waals surface area contributed by atoms with Crippen LogP contribution in [0.2, 0.25) is 0 Å². The molecule has 0 atom stereocenters. The zero-order valence-electron chi connectivity index (χ0n) is 10.0. The maximum Gasteiger partial charge on any atom is 0.153 e. The number of rotatable bonds is 1. The highest BCUT2D eigenvalue weighted by molar-refractivity contribution is 7.91. The van der Waals surface area contributed by atoms with Crippen LogP contribution in [0.5, 0.6) is 0 Å². The minimum absolute atomic E-state index is 0.264. The van der Waals surface area contributed by atoms with Crippen LogP contribution in [0.15, 0.2) is 42.5 Å². The van der Waals surface area contributed by atoms with Crippen molar-refractivity contribution < 1.29 is 8.42 Å². The number of fused-ring (bicyclic) bond motifs is 1. The van der Waals surface area contributed by atoms with Gasteiger partial charge < -0.3 is 4.90 Å². The van der Waals surface area contributed by atoms with Gasteiger partial charge in [-0.15, -0.1) is 0 Å². The van der Waals surface area contributed by atoms with Gasteiger partial charge in [-0.1, -0.05) is 30.3 Å². The van der Waals surface area contributed by atoms with Gasteiger partial charge in [-0.3, -0.25) is 0 Å². The van der Waals surface area contributed by atoms with E-state index in [0.717, 1.165) is 5.69 Å². The van der Waals surface area contributed by atoms with Gasteiger partial charge in [0.15, 0.2) is 9.84 Å². The smallest absolute Gasteiger partial charge is 0.153 e. The predicted octanol–water partition coefficient (Wildman–Crippen LogP) is 2.07. The molecule has 1 heterocycles. The van der Waals surface area contributed by atoms with Crippen LogP contribution < -0.4 is 4.90 Å². The third kappa shape index (κ3) is 2.20. The molecule has 2 aromatic carbocycles. The number of benzene rings is 2. The van der Waals surface area contributed by atoms with E-state index in [0.29, 0.717) is 13.1 Å². The zero-order chi connectivity index (χ0) is 12.6. The first-order valence-corrected chi connectivity index (χ1v) is 7.90. The summed E-state index contributed by atoms with van der Waals surface area (Å²) in [5.41, 5.74) is 1.11. The summed E-state index contributed by atoms with van der Waals surface area (Å²) < 4.78 is 22.8. The Morgan fingerprint density at radius 2 is 1.56 bits per heavy atom. The van der Waals surface area contributed by atoms with Gasteiger partial charge in [-0.25, -0.2) is 8.42 Å². The molecule has 0 bridgehead atoms. The first-order valence-electron chi connectivity index (χ1n) is 6.08. The number of hydrogen-bond donors (Lipinski definition) is 0. The topological polar surface area (TPSA) is 37.4 Å². The molecule has 0 amide bonds. The van der Waals surface area contributed by atoms with E-state index in [1.807, 2.05) is 12.1 Å². The van der Waals surface area contributed by atoms with Crippen LogP contribution in [0.25, 0.3) is 10.8 Å². The van der Waals surface area contributed by atoms with Crippen molar-refractivity contribution in [3.8, 4) is 0 Å². The average molecular weight is 261 g/mol. The number of hydrogen-bond acceptors (Lipinski definition) is 3. The third-order valence-corrected chi connectivity index (χ3v) is 5.05. The SMILES string of the molecule is O=S1(=O)CCN(c2ccc3ccccc3c2)CC1. The predicted molar refractivity (Wildman–Crippen MR) is 74.8 cm³/mol. The van der Waals surface area contributed by atoms with E-state index in [9.17, 15) is 8.42 Å². The molecule has 4 heteroatoms. The Morgan fingerprint density at radius 3 is 2.28 bits per heavy atom. The van der Waals surface area contributed by atoms with E-state index in [4.69, 9.17) is 0 Å². The minimum Gasteiger partial charge on any atom is -0.369 e.